The standard InChI is InChI=1S/C10H9O4P.Na.H/c11-15(12,13)14-10-7-3-5-8-4-1-2-6-9(8)10;;/h1-7H,(H2,11,12,13);;/q;+1;-1. The van der Waals surface area contributed by atoms with Gasteiger partial charge in [-0.1, -0.05) is 36.4 Å². The summed E-state index contributed by atoms with van der Waals surface area (Å²) in [5.41, 5.74) is 0. The van der Waals surface area contributed by atoms with Crippen LogP contribution in [-0.4, -0.2) is 9.79 Å². The third-order valence-electron chi connectivity index (χ3n) is 1.97. The van der Waals surface area contributed by atoms with Crippen LogP contribution in [0.5, 0.6) is 5.75 Å². The fourth-order valence-corrected chi connectivity index (χ4v) is 1.82. The molecule has 0 unspecified atom stereocenters. The Labute approximate surface area is 116 Å². The summed E-state index contributed by atoms with van der Waals surface area (Å²) in [4.78, 5) is 17.4. The van der Waals surface area contributed by atoms with Gasteiger partial charge in [0.1, 0.15) is 5.75 Å². The molecular formula is C10H10NaO4P. The van der Waals surface area contributed by atoms with Gasteiger partial charge in [-0.05, 0) is 11.5 Å². The van der Waals surface area contributed by atoms with Crippen molar-refractivity contribution in [3.8, 4) is 5.75 Å². The van der Waals surface area contributed by atoms with E-state index in [1.165, 1.54) is 6.07 Å². The van der Waals surface area contributed by atoms with E-state index in [1.807, 2.05) is 18.2 Å². The maximum atomic E-state index is 10.7. The number of fused-ring (bicyclic) bond motifs is 1. The van der Waals surface area contributed by atoms with Crippen LogP contribution in [0.4, 0.5) is 0 Å². The Morgan fingerprint density at radius 2 is 1.69 bits per heavy atom. The molecule has 0 atom stereocenters. The zero-order valence-corrected chi connectivity index (χ0v) is 11.6. The van der Waals surface area contributed by atoms with Crippen LogP contribution in [-0.2, 0) is 4.57 Å². The second-order valence-corrected chi connectivity index (χ2v) is 4.22. The molecule has 2 aromatic carbocycles. The molecule has 0 aromatic heterocycles. The minimum absolute atomic E-state index is 0. The first-order valence-corrected chi connectivity index (χ1v) is 5.82. The Morgan fingerprint density at radius 1 is 1.06 bits per heavy atom. The van der Waals surface area contributed by atoms with Crippen LogP contribution < -0.4 is 34.1 Å². The first-order chi connectivity index (χ1) is 7.06. The average molecular weight is 248 g/mol. The molecule has 2 rings (SSSR count). The molecule has 0 aliphatic rings. The molecule has 2 aromatic rings. The molecule has 6 heteroatoms. The van der Waals surface area contributed by atoms with Gasteiger partial charge in [0.25, 0.3) is 0 Å². The van der Waals surface area contributed by atoms with Crippen LogP contribution in [0, 0.1) is 0 Å². The molecule has 0 bridgehead atoms. The quantitative estimate of drug-likeness (QED) is 0.551. The summed E-state index contributed by atoms with van der Waals surface area (Å²) >= 11 is 0. The molecule has 0 saturated carbocycles. The molecule has 0 amide bonds. The predicted octanol–water partition coefficient (Wildman–Crippen LogP) is -0.572. The van der Waals surface area contributed by atoms with Gasteiger partial charge in [-0.25, -0.2) is 4.57 Å². The number of hydrogen-bond donors (Lipinski definition) is 2. The van der Waals surface area contributed by atoms with Crippen LogP contribution in [0.15, 0.2) is 42.5 Å². The molecule has 80 valence electrons. The number of rotatable bonds is 2. The van der Waals surface area contributed by atoms with Gasteiger partial charge in [-0.2, -0.15) is 0 Å². The Kier molecular flexibility index (Phi) is 4.56. The van der Waals surface area contributed by atoms with Crippen LogP contribution in [0.3, 0.4) is 0 Å². The third kappa shape index (κ3) is 3.32. The normalized spacial score (nSPS) is 10.9. The van der Waals surface area contributed by atoms with E-state index in [4.69, 9.17) is 9.79 Å². The fraction of sp³-hybridized carbons (Fsp3) is 0. The van der Waals surface area contributed by atoms with Gasteiger partial charge in [-0.3, -0.25) is 9.79 Å². The smallest absolute Gasteiger partial charge is 1.00 e. The molecule has 4 nitrogen and oxygen atoms in total. The van der Waals surface area contributed by atoms with Gasteiger partial charge in [0, 0.05) is 5.39 Å². The van der Waals surface area contributed by atoms with Crippen molar-refractivity contribution in [2.45, 2.75) is 0 Å². The maximum Gasteiger partial charge on any atom is 1.00 e. The predicted molar refractivity (Wildman–Crippen MR) is 57.7 cm³/mol. The molecule has 0 spiro atoms. The average Bonchev–Trinajstić information content (AvgIpc) is 2.16. The van der Waals surface area contributed by atoms with Crippen molar-refractivity contribution in [1.29, 1.82) is 0 Å². The first-order valence-electron chi connectivity index (χ1n) is 4.29. The number of benzene rings is 2. The van der Waals surface area contributed by atoms with Crippen molar-refractivity contribution < 1.29 is 49.9 Å². The van der Waals surface area contributed by atoms with E-state index in [0.29, 0.717) is 5.39 Å². The van der Waals surface area contributed by atoms with E-state index in [-0.39, 0.29) is 36.7 Å². The van der Waals surface area contributed by atoms with Crippen molar-refractivity contribution in [2.75, 3.05) is 0 Å². The fourth-order valence-electron chi connectivity index (χ4n) is 1.40. The first kappa shape index (κ1) is 13.7. The second kappa shape index (κ2) is 5.32. The molecule has 16 heavy (non-hydrogen) atoms. The summed E-state index contributed by atoms with van der Waals surface area (Å²) in [6.45, 7) is 0. The Bertz CT molecular complexity index is 537. The SMILES string of the molecule is O=P(O)(O)Oc1cccc2ccccc12.[H-].[Na+]. The summed E-state index contributed by atoms with van der Waals surface area (Å²) < 4.78 is 15.3. The van der Waals surface area contributed by atoms with Crippen LogP contribution in [0.2, 0.25) is 0 Å². The molecule has 0 aliphatic carbocycles. The zero-order chi connectivity index (χ0) is 10.9. The van der Waals surface area contributed by atoms with E-state index >= 15 is 0 Å². The molecular weight excluding hydrogens is 238 g/mol. The summed E-state index contributed by atoms with van der Waals surface area (Å²) in [5.74, 6) is 0.196. The minimum Gasteiger partial charge on any atom is -1.00 e. The molecule has 0 radical (unpaired) electrons. The van der Waals surface area contributed by atoms with Gasteiger partial charge in [0.15, 0.2) is 0 Å². The second-order valence-electron chi connectivity index (χ2n) is 3.06. The summed E-state index contributed by atoms with van der Waals surface area (Å²) in [7, 11) is -4.49. The molecule has 0 heterocycles. The largest absolute Gasteiger partial charge is 1.00 e. The van der Waals surface area contributed by atoms with Crippen LogP contribution in [0.25, 0.3) is 10.8 Å². The monoisotopic (exact) mass is 248 g/mol. The molecule has 0 saturated heterocycles. The van der Waals surface area contributed by atoms with Crippen LogP contribution >= 0.6 is 7.82 Å². The number of phosphoric acid groups is 1. The van der Waals surface area contributed by atoms with E-state index in [0.717, 1.165) is 5.39 Å². The summed E-state index contributed by atoms with van der Waals surface area (Å²) in [5, 5.41) is 1.56. The van der Waals surface area contributed by atoms with E-state index in [2.05, 4.69) is 4.52 Å². The van der Waals surface area contributed by atoms with E-state index in [9.17, 15) is 4.57 Å². The van der Waals surface area contributed by atoms with Gasteiger partial charge >= 0.3 is 37.4 Å². The van der Waals surface area contributed by atoms with E-state index in [1.54, 1.807) is 18.2 Å². The third-order valence-corrected chi connectivity index (χ3v) is 2.40. The minimum atomic E-state index is -4.49. The van der Waals surface area contributed by atoms with Gasteiger partial charge in [-0.15, -0.1) is 0 Å². The number of hydrogen-bond acceptors (Lipinski definition) is 2. The topological polar surface area (TPSA) is 66.8 Å². The van der Waals surface area contributed by atoms with E-state index < -0.39 is 7.82 Å². The Hall–Kier alpha value is -0.350. The van der Waals surface area contributed by atoms with Crippen molar-refractivity contribution in [3.05, 3.63) is 42.5 Å². The van der Waals surface area contributed by atoms with Crippen molar-refractivity contribution >= 4 is 18.6 Å². The van der Waals surface area contributed by atoms with Crippen molar-refractivity contribution in [2.24, 2.45) is 0 Å². The van der Waals surface area contributed by atoms with Gasteiger partial charge in [0.05, 0.1) is 0 Å². The molecule has 0 fully saturated rings. The Morgan fingerprint density at radius 3 is 2.38 bits per heavy atom. The zero-order valence-electron chi connectivity index (χ0n) is 9.70. The van der Waals surface area contributed by atoms with Crippen LogP contribution in [0.1, 0.15) is 1.43 Å². The number of phosphoric ester groups is 1. The van der Waals surface area contributed by atoms with Crippen molar-refractivity contribution in [1.82, 2.24) is 0 Å². The van der Waals surface area contributed by atoms with Crippen molar-refractivity contribution in [3.63, 3.8) is 0 Å². The summed E-state index contributed by atoms with van der Waals surface area (Å²) in [6, 6.07) is 12.3. The van der Waals surface area contributed by atoms with Gasteiger partial charge < -0.3 is 5.95 Å². The molecule has 2 N–H and O–H groups in total. The summed E-state index contributed by atoms with van der Waals surface area (Å²) in [6.07, 6.45) is 0. The maximum absolute atomic E-state index is 10.7. The Balaban J connectivity index is 0.00000128. The molecule has 0 aliphatic heterocycles. The van der Waals surface area contributed by atoms with Gasteiger partial charge in [0.2, 0.25) is 0 Å².